The van der Waals surface area contributed by atoms with Crippen LogP contribution in [-0.4, -0.2) is 6.54 Å². The number of halogens is 1. The molecule has 1 aromatic carbocycles. The average Bonchev–Trinajstić information content (AvgIpc) is 2.18. The van der Waals surface area contributed by atoms with Gasteiger partial charge in [0.05, 0.1) is 0 Å². The molecule has 0 amide bonds. The van der Waals surface area contributed by atoms with E-state index in [2.05, 4.69) is 32.9 Å². The highest BCUT2D eigenvalue weighted by atomic mass is 35.5. The van der Waals surface area contributed by atoms with Gasteiger partial charge in [-0.1, -0.05) is 50.6 Å². The van der Waals surface area contributed by atoms with Crippen LogP contribution in [0.25, 0.3) is 0 Å². The van der Waals surface area contributed by atoms with E-state index in [-0.39, 0.29) is 5.41 Å². The molecule has 94 valence electrons. The van der Waals surface area contributed by atoms with Gasteiger partial charge >= 0.3 is 0 Å². The van der Waals surface area contributed by atoms with Crippen LogP contribution in [0.15, 0.2) is 24.3 Å². The molecule has 0 bridgehead atoms. The monoisotopic (exact) mass is 251 g/mol. The van der Waals surface area contributed by atoms with E-state index < -0.39 is 0 Å². The molecule has 1 aliphatic rings. The van der Waals surface area contributed by atoms with Gasteiger partial charge in [-0.05, 0) is 35.8 Å². The molecule has 0 aromatic heterocycles. The van der Waals surface area contributed by atoms with E-state index in [0.29, 0.717) is 12.0 Å². The standard InChI is InChI=1S/C15H22ClN/c1-14(2,3)11-8-15(9-11,10-17)12-6-4-5-7-13(12)16/h4-7,11H,8-10,17H2,1-3H3. The number of rotatable bonds is 2. The van der Waals surface area contributed by atoms with Crippen molar-refractivity contribution in [2.24, 2.45) is 17.1 Å². The van der Waals surface area contributed by atoms with E-state index in [0.717, 1.165) is 23.8 Å². The van der Waals surface area contributed by atoms with Gasteiger partial charge in [-0.3, -0.25) is 0 Å². The first-order valence-electron chi connectivity index (χ1n) is 6.34. The molecule has 0 spiro atoms. The lowest BCUT2D eigenvalue weighted by molar-refractivity contribution is 0.0504. The molecule has 0 saturated heterocycles. The van der Waals surface area contributed by atoms with Crippen LogP contribution in [-0.2, 0) is 5.41 Å². The van der Waals surface area contributed by atoms with Crippen molar-refractivity contribution in [2.75, 3.05) is 6.54 Å². The van der Waals surface area contributed by atoms with Crippen LogP contribution in [0.3, 0.4) is 0 Å². The highest BCUT2D eigenvalue weighted by Gasteiger charge is 2.49. The largest absolute Gasteiger partial charge is 0.330 e. The normalized spacial score (nSPS) is 28.9. The molecule has 2 heteroatoms. The van der Waals surface area contributed by atoms with Crippen molar-refractivity contribution in [1.82, 2.24) is 0 Å². The first-order chi connectivity index (χ1) is 7.89. The van der Waals surface area contributed by atoms with Crippen molar-refractivity contribution in [3.8, 4) is 0 Å². The lowest BCUT2D eigenvalue weighted by atomic mass is 9.52. The summed E-state index contributed by atoms with van der Waals surface area (Å²) >= 11 is 6.31. The van der Waals surface area contributed by atoms with Crippen molar-refractivity contribution in [2.45, 2.75) is 39.0 Å². The zero-order valence-electron chi connectivity index (χ0n) is 11.0. The summed E-state index contributed by atoms with van der Waals surface area (Å²) < 4.78 is 0. The van der Waals surface area contributed by atoms with Crippen molar-refractivity contribution in [3.63, 3.8) is 0 Å². The van der Waals surface area contributed by atoms with Crippen LogP contribution in [0.2, 0.25) is 5.02 Å². The van der Waals surface area contributed by atoms with E-state index in [1.165, 1.54) is 5.56 Å². The number of nitrogens with two attached hydrogens (primary N) is 1. The molecular weight excluding hydrogens is 230 g/mol. The Morgan fingerprint density at radius 3 is 2.35 bits per heavy atom. The number of hydrogen-bond donors (Lipinski definition) is 1. The fourth-order valence-corrected chi connectivity index (χ4v) is 3.22. The first kappa shape index (κ1) is 12.9. The Hall–Kier alpha value is -0.530. The molecule has 0 heterocycles. The van der Waals surface area contributed by atoms with Crippen LogP contribution in [0.5, 0.6) is 0 Å². The summed E-state index contributed by atoms with van der Waals surface area (Å²) in [6.07, 6.45) is 2.33. The molecule has 0 aliphatic heterocycles. The SMILES string of the molecule is CC(C)(C)C1CC(CN)(c2ccccc2Cl)C1. The second-order valence-corrected chi connectivity index (χ2v) is 6.84. The predicted molar refractivity (Wildman–Crippen MR) is 74.4 cm³/mol. The van der Waals surface area contributed by atoms with Gasteiger partial charge in [-0.25, -0.2) is 0 Å². The molecule has 0 radical (unpaired) electrons. The quantitative estimate of drug-likeness (QED) is 0.845. The molecule has 2 rings (SSSR count). The topological polar surface area (TPSA) is 26.0 Å². The van der Waals surface area contributed by atoms with E-state index in [1.807, 2.05) is 12.1 Å². The molecule has 1 saturated carbocycles. The Balaban J connectivity index is 2.23. The Kier molecular flexibility index (Phi) is 3.26. The third-order valence-electron chi connectivity index (χ3n) is 4.33. The Bertz CT molecular complexity index is 400. The zero-order chi connectivity index (χ0) is 12.7. The van der Waals surface area contributed by atoms with Gasteiger partial charge in [0.25, 0.3) is 0 Å². The smallest absolute Gasteiger partial charge is 0.0444 e. The zero-order valence-corrected chi connectivity index (χ0v) is 11.7. The summed E-state index contributed by atoms with van der Waals surface area (Å²) in [7, 11) is 0. The van der Waals surface area contributed by atoms with Crippen LogP contribution >= 0.6 is 11.6 Å². The summed E-state index contributed by atoms with van der Waals surface area (Å²) in [4.78, 5) is 0. The van der Waals surface area contributed by atoms with Crippen LogP contribution in [0, 0.1) is 11.3 Å². The highest BCUT2D eigenvalue weighted by molar-refractivity contribution is 6.31. The van der Waals surface area contributed by atoms with Crippen molar-refractivity contribution >= 4 is 11.6 Å². The lowest BCUT2D eigenvalue weighted by Gasteiger charge is -2.53. The molecule has 1 nitrogen and oxygen atoms in total. The van der Waals surface area contributed by atoms with Gasteiger partial charge < -0.3 is 5.73 Å². The second-order valence-electron chi connectivity index (χ2n) is 6.44. The maximum Gasteiger partial charge on any atom is 0.0444 e. The van der Waals surface area contributed by atoms with E-state index in [1.54, 1.807) is 0 Å². The summed E-state index contributed by atoms with van der Waals surface area (Å²) in [6.45, 7) is 7.63. The van der Waals surface area contributed by atoms with Crippen LogP contribution < -0.4 is 5.73 Å². The van der Waals surface area contributed by atoms with Crippen molar-refractivity contribution in [1.29, 1.82) is 0 Å². The molecule has 2 N–H and O–H groups in total. The van der Waals surface area contributed by atoms with Crippen LogP contribution in [0.4, 0.5) is 0 Å². The van der Waals surface area contributed by atoms with Gasteiger partial charge in [-0.15, -0.1) is 0 Å². The van der Waals surface area contributed by atoms with Gasteiger partial charge in [0.1, 0.15) is 0 Å². The molecule has 0 unspecified atom stereocenters. The molecule has 1 aromatic rings. The van der Waals surface area contributed by atoms with Gasteiger partial charge in [0, 0.05) is 17.0 Å². The summed E-state index contributed by atoms with van der Waals surface area (Å²) in [5.74, 6) is 0.752. The van der Waals surface area contributed by atoms with E-state index in [9.17, 15) is 0 Å². The summed E-state index contributed by atoms with van der Waals surface area (Å²) in [6, 6.07) is 8.14. The third-order valence-corrected chi connectivity index (χ3v) is 4.66. The average molecular weight is 252 g/mol. The lowest BCUT2D eigenvalue weighted by Crippen LogP contribution is -2.51. The third kappa shape index (κ3) is 2.23. The molecule has 0 atom stereocenters. The summed E-state index contributed by atoms with van der Waals surface area (Å²) in [5, 5.41) is 0.866. The first-order valence-corrected chi connectivity index (χ1v) is 6.72. The maximum atomic E-state index is 6.31. The van der Waals surface area contributed by atoms with Gasteiger partial charge in [-0.2, -0.15) is 0 Å². The highest BCUT2D eigenvalue weighted by Crippen LogP contribution is 2.54. The second kappa shape index (κ2) is 4.29. The van der Waals surface area contributed by atoms with Crippen LogP contribution in [0.1, 0.15) is 39.2 Å². The number of hydrogen-bond acceptors (Lipinski definition) is 1. The summed E-state index contributed by atoms with van der Waals surface area (Å²) in [5.41, 5.74) is 7.75. The van der Waals surface area contributed by atoms with E-state index >= 15 is 0 Å². The molecule has 1 fully saturated rings. The van der Waals surface area contributed by atoms with E-state index in [4.69, 9.17) is 17.3 Å². The Labute approximate surface area is 109 Å². The molecule has 17 heavy (non-hydrogen) atoms. The Morgan fingerprint density at radius 1 is 1.29 bits per heavy atom. The van der Waals surface area contributed by atoms with Gasteiger partial charge in [0.15, 0.2) is 0 Å². The Morgan fingerprint density at radius 2 is 1.88 bits per heavy atom. The molecule has 1 aliphatic carbocycles. The fraction of sp³-hybridized carbons (Fsp3) is 0.600. The fourth-order valence-electron chi connectivity index (χ4n) is 2.88. The minimum atomic E-state index is 0.121. The van der Waals surface area contributed by atoms with Crippen molar-refractivity contribution in [3.05, 3.63) is 34.9 Å². The van der Waals surface area contributed by atoms with Gasteiger partial charge in [0.2, 0.25) is 0 Å². The molecular formula is C15H22ClN. The van der Waals surface area contributed by atoms with Crippen molar-refractivity contribution < 1.29 is 0 Å². The predicted octanol–water partition coefficient (Wildman–Crippen LogP) is 3.99. The maximum absolute atomic E-state index is 6.31. The minimum absolute atomic E-state index is 0.121. The minimum Gasteiger partial charge on any atom is -0.330 e. The number of benzene rings is 1.